The molecule has 0 atom stereocenters. The van der Waals surface area contributed by atoms with Crippen molar-refractivity contribution < 1.29 is 23.9 Å². The number of benzene rings is 2. The normalized spacial score (nSPS) is 11.5. The molecule has 3 rings (SSSR count). The quantitative estimate of drug-likeness (QED) is 0.608. The predicted octanol–water partition coefficient (Wildman–Crippen LogP) is 3.06. The van der Waals surface area contributed by atoms with Crippen molar-refractivity contribution in [2.75, 3.05) is 14.2 Å². The first-order valence-corrected chi connectivity index (χ1v) is 9.26. The summed E-state index contributed by atoms with van der Waals surface area (Å²) < 4.78 is 11.7. The van der Waals surface area contributed by atoms with Crippen LogP contribution in [0.15, 0.2) is 47.5 Å². The van der Waals surface area contributed by atoms with Crippen LogP contribution in [0.3, 0.4) is 0 Å². The second-order valence-corrected chi connectivity index (χ2v) is 7.04. The van der Waals surface area contributed by atoms with E-state index in [1.54, 1.807) is 16.7 Å². The van der Waals surface area contributed by atoms with Crippen LogP contribution in [0.1, 0.15) is 20.7 Å². The first kappa shape index (κ1) is 19.8. The van der Waals surface area contributed by atoms with E-state index in [-0.39, 0.29) is 6.54 Å². The Morgan fingerprint density at radius 1 is 1.04 bits per heavy atom. The van der Waals surface area contributed by atoms with Crippen molar-refractivity contribution in [3.8, 4) is 0 Å². The van der Waals surface area contributed by atoms with E-state index in [2.05, 4.69) is 9.73 Å². The van der Waals surface area contributed by atoms with Gasteiger partial charge in [-0.1, -0.05) is 29.0 Å². The molecule has 0 N–H and O–H groups in total. The molecule has 3 aromatic rings. The van der Waals surface area contributed by atoms with E-state index in [0.29, 0.717) is 26.5 Å². The molecule has 0 aliphatic carbocycles. The molecular weight excluding hydrogens is 404 g/mol. The Morgan fingerprint density at radius 3 is 2.36 bits per heavy atom. The number of hydrogen-bond acceptors (Lipinski definition) is 6. The van der Waals surface area contributed by atoms with Gasteiger partial charge in [0.05, 0.1) is 35.0 Å². The number of carbonyl (C=O) groups is 3. The van der Waals surface area contributed by atoms with Crippen molar-refractivity contribution >= 4 is 51.0 Å². The van der Waals surface area contributed by atoms with E-state index >= 15 is 0 Å². The van der Waals surface area contributed by atoms with Crippen molar-refractivity contribution in [2.45, 2.75) is 6.54 Å². The molecule has 1 aromatic heterocycles. The molecule has 2 aromatic carbocycles. The number of halogens is 1. The van der Waals surface area contributed by atoms with Crippen molar-refractivity contribution in [3.05, 3.63) is 63.4 Å². The van der Waals surface area contributed by atoms with E-state index in [1.807, 2.05) is 6.07 Å². The summed E-state index contributed by atoms with van der Waals surface area (Å²) in [7, 11) is 2.56. The smallest absolute Gasteiger partial charge is 0.337 e. The lowest BCUT2D eigenvalue weighted by Crippen LogP contribution is -2.22. The Morgan fingerprint density at radius 2 is 1.71 bits per heavy atom. The number of fused-ring (bicyclic) bond motifs is 1. The lowest BCUT2D eigenvalue weighted by atomic mass is 10.1. The Hall–Kier alpha value is -2.97. The number of para-hydroxylation sites is 1. The van der Waals surface area contributed by atoms with Crippen LogP contribution in [-0.2, 0) is 20.8 Å². The minimum atomic E-state index is -0.516. The summed E-state index contributed by atoms with van der Waals surface area (Å²) in [5.74, 6) is -1.50. The molecule has 7 nitrogen and oxygen atoms in total. The van der Waals surface area contributed by atoms with Crippen LogP contribution in [0.5, 0.6) is 0 Å². The number of amides is 1. The minimum absolute atomic E-state index is 0.131. The highest BCUT2D eigenvalue weighted by Gasteiger charge is 2.15. The summed E-state index contributed by atoms with van der Waals surface area (Å²) in [4.78, 5) is 40.4. The molecular formula is C19H15ClN2O5S. The molecule has 0 spiro atoms. The lowest BCUT2D eigenvalue weighted by molar-refractivity contribution is -0.141. The van der Waals surface area contributed by atoms with E-state index in [0.717, 1.165) is 4.70 Å². The zero-order valence-electron chi connectivity index (χ0n) is 15.0. The molecule has 144 valence electrons. The number of methoxy groups -OCH3 is 2. The van der Waals surface area contributed by atoms with Crippen LogP contribution < -0.4 is 4.80 Å². The molecule has 0 saturated carbocycles. The van der Waals surface area contributed by atoms with Crippen molar-refractivity contribution in [3.63, 3.8) is 0 Å². The number of aromatic nitrogens is 1. The second kappa shape index (κ2) is 8.37. The minimum Gasteiger partial charge on any atom is -0.468 e. The maximum absolute atomic E-state index is 12.6. The van der Waals surface area contributed by atoms with Gasteiger partial charge in [-0.2, -0.15) is 4.99 Å². The molecule has 1 amide bonds. The first-order valence-electron chi connectivity index (χ1n) is 8.06. The van der Waals surface area contributed by atoms with Crippen LogP contribution in [0, 0.1) is 0 Å². The average molecular weight is 419 g/mol. The maximum Gasteiger partial charge on any atom is 0.337 e. The fourth-order valence-electron chi connectivity index (χ4n) is 2.53. The third-order valence-corrected chi connectivity index (χ3v) is 5.27. The topological polar surface area (TPSA) is 87.0 Å². The molecule has 0 saturated heterocycles. The zero-order chi connectivity index (χ0) is 20.3. The van der Waals surface area contributed by atoms with Gasteiger partial charge >= 0.3 is 11.9 Å². The molecule has 1 heterocycles. The third-order valence-electron chi connectivity index (χ3n) is 3.92. The van der Waals surface area contributed by atoms with Gasteiger partial charge in [-0.25, -0.2) is 4.79 Å². The summed E-state index contributed by atoms with van der Waals surface area (Å²) in [6.45, 7) is -0.131. The van der Waals surface area contributed by atoms with Crippen molar-refractivity contribution in [2.24, 2.45) is 4.99 Å². The van der Waals surface area contributed by atoms with Gasteiger partial charge in [0.15, 0.2) is 4.80 Å². The zero-order valence-corrected chi connectivity index (χ0v) is 16.5. The van der Waals surface area contributed by atoms with E-state index in [9.17, 15) is 14.4 Å². The highest BCUT2D eigenvalue weighted by molar-refractivity contribution is 7.16. The summed E-state index contributed by atoms with van der Waals surface area (Å²) in [5, 5.41) is 0.439. The first-order chi connectivity index (χ1) is 13.4. The molecule has 0 unspecified atom stereocenters. The number of esters is 2. The van der Waals surface area contributed by atoms with Gasteiger partial charge in [-0.15, -0.1) is 0 Å². The van der Waals surface area contributed by atoms with E-state index in [1.165, 1.54) is 49.8 Å². The van der Waals surface area contributed by atoms with Crippen molar-refractivity contribution in [1.82, 2.24) is 4.57 Å². The number of thiazole rings is 1. The molecule has 28 heavy (non-hydrogen) atoms. The fourth-order valence-corrected chi connectivity index (χ4v) is 3.92. The Bertz CT molecular complexity index is 1130. The van der Waals surface area contributed by atoms with Crippen LogP contribution in [0.25, 0.3) is 10.2 Å². The summed E-state index contributed by atoms with van der Waals surface area (Å²) in [6.07, 6.45) is 0. The lowest BCUT2D eigenvalue weighted by Gasteiger charge is -2.05. The number of ether oxygens (including phenoxy) is 2. The number of hydrogen-bond donors (Lipinski definition) is 0. The summed E-state index contributed by atoms with van der Waals surface area (Å²) in [5.41, 5.74) is 1.22. The number of rotatable bonds is 4. The standard InChI is InChI=1S/C19H15ClN2O5S/c1-26-15(23)10-22-16-13(20)4-3-5-14(16)28-19(22)21-17(24)11-6-8-12(9-7-11)18(25)27-2/h3-9H,10H2,1-2H3. The van der Waals surface area contributed by atoms with Gasteiger partial charge < -0.3 is 14.0 Å². The summed E-state index contributed by atoms with van der Waals surface area (Å²) in [6, 6.07) is 11.3. The largest absolute Gasteiger partial charge is 0.468 e. The van der Waals surface area contributed by atoms with Crippen molar-refractivity contribution in [1.29, 1.82) is 0 Å². The molecule has 9 heteroatoms. The van der Waals surface area contributed by atoms with Crippen LogP contribution >= 0.6 is 22.9 Å². The van der Waals surface area contributed by atoms with Gasteiger partial charge in [-0.3, -0.25) is 9.59 Å². The van der Waals surface area contributed by atoms with Gasteiger partial charge in [0.1, 0.15) is 6.54 Å². The predicted molar refractivity (Wildman–Crippen MR) is 105 cm³/mol. The SMILES string of the molecule is COC(=O)Cn1c(=NC(=O)c2ccc(C(=O)OC)cc2)sc2cccc(Cl)c21. The maximum atomic E-state index is 12.6. The number of nitrogens with zero attached hydrogens (tertiary/aromatic N) is 2. The van der Waals surface area contributed by atoms with Gasteiger partial charge in [0.25, 0.3) is 5.91 Å². The Kier molecular flexibility index (Phi) is 5.91. The monoisotopic (exact) mass is 418 g/mol. The highest BCUT2D eigenvalue weighted by atomic mass is 35.5. The molecule has 0 aliphatic heterocycles. The molecule has 0 radical (unpaired) electrons. The molecule has 0 aliphatic rings. The second-order valence-electron chi connectivity index (χ2n) is 5.62. The molecule has 0 bridgehead atoms. The Balaban J connectivity index is 2.06. The Labute approximate surface area is 168 Å². The van der Waals surface area contributed by atoms with Crippen LogP contribution in [0.2, 0.25) is 5.02 Å². The fraction of sp³-hybridized carbons (Fsp3) is 0.158. The average Bonchev–Trinajstić information content (AvgIpc) is 3.05. The van der Waals surface area contributed by atoms with E-state index in [4.69, 9.17) is 16.3 Å². The highest BCUT2D eigenvalue weighted by Crippen LogP contribution is 2.25. The van der Waals surface area contributed by atoms with Gasteiger partial charge in [-0.05, 0) is 36.4 Å². The van der Waals surface area contributed by atoms with Crippen LogP contribution in [-0.4, -0.2) is 36.6 Å². The molecule has 0 fully saturated rings. The van der Waals surface area contributed by atoms with Crippen LogP contribution in [0.4, 0.5) is 0 Å². The van der Waals surface area contributed by atoms with Gasteiger partial charge in [0.2, 0.25) is 0 Å². The summed E-state index contributed by atoms with van der Waals surface area (Å²) >= 11 is 7.51. The number of carbonyl (C=O) groups excluding carboxylic acids is 3. The van der Waals surface area contributed by atoms with E-state index < -0.39 is 17.8 Å². The van der Waals surface area contributed by atoms with Gasteiger partial charge in [0, 0.05) is 5.56 Å². The third kappa shape index (κ3) is 3.97.